The summed E-state index contributed by atoms with van der Waals surface area (Å²) in [5, 5.41) is 2.76. The van der Waals surface area contributed by atoms with Crippen molar-refractivity contribution in [2.75, 3.05) is 5.73 Å². The Labute approximate surface area is 116 Å². The number of hydrogen-bond donors (Lipinski definition) is 2. The fourth-order valence-electron chi connectivity index (χ4n) is 1.90. The van der Waals surface area contributed by atoms with Crippen molar-refractivity contribution in [3.63, 3.8) is 0 Å². The standard InChI is InChI=1S/C15H16FN3O/c1-2-10-4-3-7-18-14(10)9-19-15(20)11-5-6-12(16)13(17)8-11/h3-8H,2,9,17H2,1H3,(H,19,20). The molecule has 0 atom stereocenters. The highest BCUT2D eigenvalue weighted by Gasteiger charge is 2.09. The van der Waals surface area contributed by atoms with Gasteiger partial charge in [0.25, 0.3) is 5.91 Å². The summed E-state index contributed by atoms with van der Waals surface area (Å²) in [4.78, 5) is 16.2. The van der Waals surface area contributed by atoms with Crippen LogP contribution in [0.5, 0.6) is 0 Å². The lowest BCUT2D eigenvalue weighted by molar-refractivity contribution is 0.0950. The number of carbonyl (C=O) groups is 1. The number of nitrogens with zero attached hydrogens (tertiary/aromatic N) is 1. The molecule has 1 aromatic carbocycles. The number of halogens is 1. The molecule has 0 fully saturated rings. The van der Waals surface area contributed by atoms with E-state index in [1.807, 2.05) is 19.1 Å². The smallest absolute Gasteiger partial charge is 0.251 e. The molecule has 104 valence electrons. The van der Waals surface area contributed by atoms with Gasteiger partial charge in [-0.15, -0.1) is 0 Å². The zero-order valence-electron chi connectivity index (χ0n) is 11.2. The Morgan fingerprint density at radius 1 is 1.40 bits per heavy atom. The van der Waals surface area contributed by atoms with E-state index in [1.165, 1.54) is 18.2 Å². The van der Waals surface area contributed by atoms with Gasteiger partial charge in [-0.05, 0) is 36.2 Å². The Morgan fingerprint density at radius 3 is 2.90 bits per heavy atom. The summed E-state index contributed by atoms with van der Waals surface area (Å²) in [7, 11) is 0. The van der Waals surface area contributed by atoms with Gasteiger partial charge in [0.2, 0.25) is 0 Å². The van der Waals surface area contributed by atoms with E-state index in [4.69, 9.17) is 5.73 Å². The molecule has 0 saturated carbocycles. The molecule has 2 rings (SSSR count). The van der Waals surface area contributed by atoms with Crippen LogP contribution in [0.1, 0.15) is 28.5 Å². The number of anilines is 1. The lowest BCUT2D eigenvalue weighted by Gasteiger charge is -2.08. The molecular formula is C15H16FN3O. The summed E-state index contributed by atoms with van der Waals surface area (Å²) < 4.78 is 13.0. The van der Waals surface area contributed by atoms with Crippen LogP contribution in [0.15, 0.2) is 36.5 Å². The van der Waals surface area contributed by atoms with E-state index >= 15 is 0 Å². The lowest BCUT2D eigenvalue weighted by Crippen LogP contribution is -2.24. The third kappa shape index (κ3) is 3.12. The van der Waals surface area contributed by atoms with E-state index in [2.05, 4.69) is 10.3 Å². The summed E-state index contributed by atoms with van der Waals surface area (Å²) in [5.74, 6) is -0.830. The Hall–Kier alpha value is -2.43. The van der Waals surface area contributed by atoms with Gasteiger partial charge in [-0.1, -0.05) is 13.0 Å². The van der Waals surface area contributed by atoms with Crippen LogP contribution in [0, 0.1) is 5.82 Å². The van der Waals surface area contributed by atoms with Crippen molar-refractivity contribution in [2.24, 2.45) is 0 Å². The molecule has 1 amide bonds. The van der Waals surface area contributed by atoms with Crippen LogP contribution in [0.25, 0.3) is 0 Å². The normalized spacial score (nSPS) is 10.3. The second kappa shape index (κ2) is 6.14. The highest BCUT2D eigenvalue weighted by Crippen LogP contribution is 2.12. The number of amides is 1. The minimum atomic E-state index is -0.528. The number of aromatic nitrogens is 1. The Bertz CT molecular complexity index is 628. The van der Waals surface area contributed by atoms with Crippen LogP contribution in [0.4, 0.5) is 10.1 Å². The quantitative estimate of drug-likeness (QED) is 0.840. The van der Waals surface area contributed by atoms with E-state index in [-0.39, 0.29) is 11.6 Å². The van der Waals surface area contributed by atoms with E-state index < -0.39 is 5.82 Å². The summed E-state index contributed by atoms with van der Waals surface area (Å²) in [5.41, 5.74) is 7.66. The predicted octanol–water partition coefficient (Wildman–Crippen LogP) is 2.30. The van der Waals surface area contributed by atoms with Gasteiger partial charge >= 0.3 is 0 Å². The molecule has 1 aromatic heterocycles. The zero-order valence-corrected chi connectivity index (χ0v) is 11.2. The van der Waals surface area contributed by atoms with Crippen LogP contribution < -0.4 is 11.1 Å². The maximum atomic E-state index is 13.0. The number of nitrogens with one attached hydrogen (secondary N) is 1. The highest BCUT2D eigenvalue weighted by molar-refractivity contribution is 5.94. The Morgan fingerprint density at radius 2 is 2.20 bits per heavy atom. The number of aryl methyl sites for hydroxylation is 1. The maximum Gasteiger partial charge on any atom is 0.251 e. The van der Waals surface area contributed by atoms with Crippen molar-refractivity contribution in [2.45, 2.75) is 19.9 Å². The first-order valence-corrected chi connectivity index (χ1v) is 6.37. The summed E-state index contributed by atoms with van der Waals surface area (Å²) in [6, 6.07) is 7.75. The molecule has 0 bridgehead atoms. The molecule has 4 nitrogen and oxygen atoms in total. The fraction of sp³-hybridized carbons (Fsp3) is 0.200. The molecule has 0 aliphatic carbocycles. The number of hydrogen-bond acceptors (Lipinski definition) is 3. The summed E-state index contributed by atoms with van der Waals surface area (Å²) >= 11 is 0. The molecule has 0 aliphatic rings. The molecule has 0 radical (unpaired) electrons. The number of benzene rings is 1. The maximum absolute atomic E-state index is 13.0. The Balaban J connectivity index is 2.06. The predicted molar refractivity (Wildman–Crippen MR) is 75.6 cm³/mol. The number of carbonyl (C=O) groups excluding carboxylic acids is 1. The van der Waals surface area contributed by atoms with Gasteiger partial charge in [-0.3, -0.25) is 9.78 Å². The minimum absolute atomic E-state index is 0.0373. The first-order chi connectivity index (χ1) is 9.61. The molecule has 20 heavy (non-hydrogen) atoms. The first-order valence-electron chi connectivity index (χ1n) is 6.37. The number of nitrogens with two attached hydrogens (primary N) is 1. The largest absolute Gasteiger partial charge is 0.396 e. The average molecular weight is 273 g/mol. The Kier molecular flexibility index (Phi) is 4.30. The van der Waals surface area contributed by atoms with E-state index in [1.54, 1.807) is 6.20 Å². The minimum Gasteiger partial charge on any atom is -0.396 e. The van der Waals surface area contributed by atoms with Crippen LogP contribution in [-0.4, -0.2) is 10.9 Å². The van der Waals surface area contributed by atoms with Gasteiger partial charge in [0.1, 0.15) is 5.82 Å². The van der Waals surface area contributed by atoms with Gasteiger partial charge in [-0.25, -0.2) is 4.39 Å². The molecule has 5 heteroatoms. The highest BCUT2D eigenvalue weighted by atomic mass is 19.1. The van der Waals surface area contributed by atoms with Crippen LogP contribution in [0.2, 0.25) is 0 Å². The SMILES string of the molecule is CCc1cccnc1CNC(=O)c1ccc(F)c(N)c1. The second-order valence-electron chi connectivity index (χ2n) is 4.38. The van der Waals surface area contributed by atoms with E-state index in [0.717, 1.165) is 17.7 Å². The molecule has 2 aromatic rings. The average Bonchev–Trinajstić information content (AvgIpc) is 2.47. The fourth-order valence-corrected chi connectivity index (χ4v) is 1.90. The van der Waals surface area contributed by atoms with Gasteiger partial charge in [0.05, 0.1) is 17.9 Å². The van der Waals surface area contributed by atoms with Crippen molar-refractivity contribution >= 4 is 11.6 Å². The summed E-state index contributed by atoms with van der Waals surface area (Å²) in [6.45, 7) is 2.36. The molecular weight excluding hydrogens is 257 g/mol. The molecule has 0 saturated heterocycles. The molecule has 1 heterocycles. The number of nitrogen functional groups attached to an aromatic ring is 1. The van der Waals surface area contributed by atoms with Crippen molar-refractivity contribution in [3.8, 4) is 0 Å². The summed E-state index contributed by atoms with van der Waals surface area (Å²) in [6.07, 6.45) is 2.54. The number of pyridine rings is 1. The zero-order chi connectivity index (χ0) is 14.5. The van der Waals surface area contributed by atoms with Crippen molar-refractivity contribution < 1.29 is 9.18 Å². The molecule has 0 aliphatic heterocycles. The van der Waals surface area contributed by atoms with E-state index in [9.17, 15) is 9.18 Å². The molecule has 3 N–H and O–H groups in total. The van der Waals surface area contributed by atoms with Crippen LogP contribution in [-0.2, 0) is 13.0 Å². The topological polar surface area (TPSA) is 68.0 Å². The first kappa shape index (κ1) is 14.0. The second-order valence-corrected chi connectivity index (χ2v) is 4.38. The van der Waals surface area contributed by atoms with E-state index in [0.29, 0.717) is 12.1 Å². The monoisotopic (exact) mass is 273 g/mol. The molecule has 0 spiro atoms. The third-order valence-electron chi connectivity index (χ3n) is 3.04. The van der Waals surface area contributed by atoms with Crippen molar-refractivity contribution in [1.29, 1.82) is 0 Å². The molecule has 0 unspecified atom stereocenters. The third-order valence-corrected chi connectivity index (χ3v) is 3.04. The van der Waals surface area contributed by atoms with Gasteiger partial charge in [0.15, 0.2) is 0 Å². The number of rotatable bonds is 4. The van der Waals surface area contributed by atoms with Crippen molar-refractivity contribution in [1.82, 2.24) is 10.3 Å². The van der Waals surface area contributed by atoms with Crippen LogP contribution >= 0.6 is 0 Å². The van der Waals surface area contributed by atoms with Crippen LogP contribution in [0.3, 0.4) is 0 Å². The van der Waals surface area contributed by atoms with Gasteiger partial charge < -0.3 is 11.1 Å². The van der Waals surface area contributed by atoms with Gasteiger partial charge in [-0.2, -0.15) is 0 Å². The lowest BCUT2D eigenvalue weighted by atomic mass is 10.1. The van der Waals surface area contributed by atoms with Crippen molar-refractivity contribution in [3.05, 3.63) is 59.2 Å². The van der Waals surface area contributed by atoms with Gasteiger partial charge in [0, 0.05) is 11.8 Å².